The van der Waals surface area contributed by atoms with E-state index in [-0.39, 0.29) is 11.2 Å². The van der Waals surface area contributed by atoms with Gasteiger partial charge < -0.3 is 15.0 Å². The predicted molar refractivity (Wildman–Crippen MR) is 157 cm³/mol. The third-order valence-electron chi connectivity index (χ3n) is 6.03. The number of nitrogens with zero attached hydrogens (tertiary/aromatic N) is 6. The van der Waals surface area contributed by atoms with Crippen molar-refractivity contribution in [1.82, 2.24) is 24.8 Å². The fourth-order valence-corrected chi connectivity index (χ4v) is 4.42. The van der Waals surface area contributed by atoms with Crippen LogP contribution in [0.1, 0.15) is 54.4 Å². The third-order valence-corrected chi connectivity index (χ3v) is 6.59. The summed E-state index contributed by atoms with van der Waals surface area (Å²) in [6.45, 7) is 13.1. The van der Waals surface area contributed by atoms with Gasteiger partial charge in [-0.25, -0.2) is 14.4 Å². The zero-order valence-electron chi connectivity index (χ0n) is 23.4. The normalized spacial score (nSPS) is 12.2. The molecule has 0 saturated heterocycles. The van der Waals surface area contributed by atoms with E-state index < -0.39 is 11.7 Å². The van der Waals surface area contributed by atoms with Crippen LogP contribution in [0.25, 0.3) is 33.8 Å². The van der Waals surface area contributed by atoms with Gasteiger partial charge in [-0.3, -0.25) is 9.88 Å². The first-order valence-corrected chi connectivity index (χ1v) is 14.1. The summed E-state index contributed by atoms with van der Waals surface area (Å²) in [7, 11) is 0. The molecule has 0 unspecified atom stereocenters. The maximum absolute atomic E-state index is 13.6. The Labute approximate surface area is 237 Å². The Hall–Kier alpha value is -3.47. The van der Waals surface area contributed by atoms with E-state index in [1.165, 1.54) is 0 Å². The SMILES string of the molecule is CC(C)(C)CCn1c(-c2nonc2N)nc2c(-c3ccccc3)ncc(N(CCCBr)C(=O)OC(C)(C)C)c21. The monoisotopic (exact) mass is 597 g/mol. The van der Waals surface area contributed by atoms with Gasteiger partial charge in [0.25, 0.3) is 0 Å². The first-order valence-electron chi connectivity index (χ1n) is 13.0. The van der Waals surface area contributed by atoms with Crippen LogP contribution in [-0.2, 0) is 11.3 Å². The van der Waals surface area contributed by atoms with E-state index >= 15 is 0 Å². The van der Waals surface area contributed by atoms with Crippen LogP contribution in [0.15, 0.2) is 41.2 Å². The van der Waals surface area contributed by atoms with Gasteiger partial charge in [0.15, 0.2) is 17.3 Å². The van der Waals surface area contributed by atoms with Gasteiger partial charge in [-0.2, -0.15) is 0 Å². The predicted octanol–water partition coefficient (Wildman–Crippen LogP) is 6.69. The number of benzene rings is 1. The van der Waals surface area contributed by atoms with Gasteiger partial charge in [0.05, 0.1) is 23.1 Å². The van der Waals surface area contributed by atoms with E-state index in [1.807, 2.05) is 55.7 Å². The molecule has 0 bridgehead atoms. The lowest BCUT2D eigenvalue weighted by Crippen LogP contribution is -2.38. The molecule has 0 atom stereocenters. The van der Waals surface area contributed by atoms with E-state index in [1.54, 1.807) is 11.1 Å². The number of amides is 1. The number of halogens is 1. The summed E-state index contributed by atoms with van der Waals surface area (Å²) in [5.74, 6) is 0.644. The number of aryl methyl sites for hydroxylation is 1. The number of alkyl halides is 1. The molecular weight excluding hydrogens is 562 g/mol. The van der Waals surface area contributed by atoms with E-state index in [4.69, 9.17) is 25.1 Å². The highest BCUT2D eigenvalue weighted by Gasteiger charge is 2.30. The third kappa shape index (κ3) is 6.58. The first kappa shape index (κ1) is 28.5. The topological polar surface area (TPSA) is 125 Å². The number of ether oxygens (including phenoxy) is 1. The van der Waals surface area contributed by atoms with Crippen LogP contribution in [0.4, 0.5) is 16.3 Å². The zero-order valence-corrected chi connectivity index (χ0v) is 24.9. The molecule has 3 aromatic heterocycles. The highest BCUT2D eigenvalue weighted by atomic mass is 79.9. The number of fused-ring (bicyclic) bond motifs is 1. The molecule has 11 heteroatoms. The molecule has 0 saturated carbocycles. The van der Waals surface area contributed by atoms with Crippen molar-refractivity contribution in [3.8, 4) is 22.8 Å². The summed E-state index contributed by atoms with van der Waals surface area (Å²) < 4.78 is 12.8. The van der Waals surface area contributed by atoms with Gasteiger partial charge in [-0.1, -0.05) is 67.0 Å². The molecule has 1 amide bonds. The number of rotatable bonds is 8. The number of nitrogen functional groups attached to an aromatic ring is 1. The summed E-state index contributed by atoms with van der Waals surface area (Å²) in [4.78, 5) is 25.0. The number of imidazole rings is 1. The van der Waals surface area contributed by atoms with Gasteiger partial charge in [0, 0.05) is 24.0 Å². The Bertz CT molecular complexity index is 1440. The molecule has 208 valence electrons. The van der Waals surface area contributed by atoms with Gasteiger partial charge in [-0.15, -0.1) is 0 Å². The second kappa shape index (κ2) is 11.3. The van der Waals surface area contributed by atoms with E-state index in [0.29, 0.717) is 47.9 Å². The minimum Gasteiger partial charge on any atom is -0.443 e. The number of anilines is 2. The van der Waals surface area contributed by atoms with Gasteiger partial charge in [0.1, 0.15) is 11.1 Å². The van der Waals surface area contributed by atoms with Crippen molar-refractivity contribution in [2.45, 2.75) is 66.5 Å². The molecule has 10 nitrogen and oxygen atoms in total. The highest BCUT2D eigenvalue weighted by molar-refractivity contribution is 9.09. The Morgan fingerprint density at radius 1 is 1.10 bits per heavy atom. The summed E-state index contributed by atoms with van der Waals surface area (Å²) in [6, 6.07) is 9.83. The van der Waals surface area contributed by atoms with Crippen molar-refractivity contribution in [2.75, 3.05) is 22.5 Å². The molecule has 39 heavy (non-hydrogen) atoms. The van der Waals surface area contributed by atoms with Crippen molar-refractivity contribution in [2.24, 2.45) is 5.41 Å². The molecule has 4 rings (SSSR count). The number of carbonyl (C=O) groups is 1. The minimum atomic E-state index is -0.668. The Balaban J connectivity index is 2.04. The van der Waals surface area contributed by atoms with Crippen LogP contribution in [-0.4, -0.2) is 48.4 Å². The average Bonchev–Trinajstić information content (AvgIpc) is 3.45. The fraction of sp³-hybridized carbons (Fsp3) is 0.464. The van der Waals surface area contributed by atoms with Crippen molar-refractivity contribution in [3.05, 3.63) is 36.5 Å². The fourth-order valence-electron chi connectivity index (χ4n) is 4.17. The van der Waals surface area contributed by atoms with Crippen LogP contribution in [0.5, 0.6) is 0 Å². The van der Waals surface area contributed by atoms with Crippen molar-refractivity contribution >= 4 is 44.6 Å². The lowest BCUT2D eigenvalue weighted by Gasteiger charge is -2.28. The largest absolute Gasteiger partial charge is 0.443 e. The van der Waals surface area contributed by atoms with Gasteiger partial charge in [0.2, 0.25) is 0 Å². The summed E-state index contributed by atoms with van der Waals surface area (Å²) >= 11 is 3.50. The quantitative estimate of drug-likeness (QED) is 0.222. The molecule has 0 aliphatic rings. The van der Waals surface area contributed by atoms with Crippen molar-refractivity contribution in [3.63, 3.8) is 0 Å². The molecule has 3 heterocycles. The molecule has 0 spiro atoms. The smallest absolute Gasteiger partial charge is 0.414 e. The first-order chi connectivity index (χ1) is 18.4. The molecule has 0 fully saturated rings. The number of nitrogens with two attached hydrogens (primary N) is 1. The second-order valence-corrected chi connectivity index (χ2v) is 12.4. The van der Waals surface area contributed by atoms with Crippen LogP contribution in [0.3, 0.4) is 0 Å². The lowest BCUT2D eigenvalue weighted by molar-refractivity contribution is 0.0580. The maximum atomic E-state index is 13.6. The standard InChI is InChI=1S/C28H36BrN7O3/c1-27(2,3)13-16-36-23-19(35(15-10-14-29)26(37)38-28(4,5)6)17-31-20(18-11-8-7-9-12-18)21(23)32-25(36)22-24(30)34-39-33-22/h7-9,11-12,17H,10,13-16H2,1-6H3,(H2,30,34). The Kier molecular flexibility index (Phi) is 8.29. The van der Waals surface area contributed by atoms with E-state index in [9.17, 15) is 4.79 Å². The Morgan fingerprint density at radius 3 is 2.41 bits per heavy atom. The van der Waals surface area contributed by atoms with Crippen LogP contribution in [0, 0.1) is 5.41 Å². The molecule has 0 radical (unpaired) electrons. The molecular formula is C28H36BrN7O3. The summed E-state index contributed by atoms with van der Waals surface area (Å²) in [5, 5.41) is 8.59. The van der Waals surface area contributed by atoms with Crippen LogP contribution < -0.4 is 10.6 Å². The number of pyridine rings is 1. The molecule has 4 aromatic rings. The van der Waals surface area contributed by atoms with Gasteiger partial charge >= 0.3 is 6.09 Å². The number of hydrogen-bond donors (Lipinski definition) is 1. The van der Waals surface area contributed by atoms with Crippen molar-refractivity contribution in [1.29, 1.82) is 0 Å². The summed E-state index contributed by atoms with van der Waals surface area (Å²) in [5.41, 5.74) is 9.40. The summed E-state index contributed by atoms with van der Waals surface area (Å²) in [6.07, 6.45) is 2.82. The van der Waals surface area contributed by atoms with E-state index in [2.05, 4.69) is 47.0 Å². The minimum absolute atomic E-state index is 0.0255. The van der Waals surface area contributed by atoms with Crippen molar-refractivity contribution < 1.29 is 14.2 Å². The molecule has 1 aromatic carbocycles. The molecule has 2 N–H and O–H groups in total. The van der Waals surface area contributed by atoms with Crippen LogP contribution >= 0.6 is 15.9 Å². The highest BCUT2D eigenvalue weighted by Crippen LogP contribution is 2.38. The van der Waals surface area contributed by atoms with E-state index in [0.717, 1.165) is 22.8 Å². The number of aromatic nitrogens is 5. The number of carbonyl (C=O) groups excluding carboxylic acids is 1. The van der Waals surface area contributed by atoms with Gasteiger partial charge in [-0.05, 0) is 49.3 Å². The second-order valence-electron chi connectivity index (χ2n) is 11.6. The lowest BCUT2D eigenvalue weighted by atomic mass is 9.92. The Morgan fingerprint density at radius 2 is 1.82 bits per heavy atom. The molecule has 0 aliphatic carbocycles. The number of hydrogen-bond acceptors (Lipinski definition) is 8. The molecule has 0 aliphatic heterocycles. The van der Waals surface area contributed by atoms with Crippen LogP contribution in [0.2, 0.25) is 0 Å². The average molecular weight is 599 g/mol. The zero-order chi connectivity index (χ0) is 28.4. The maximum Gasteiger partial charge on any atom is 0.414 e.